The smallest absolute Gasteiger partial charge is 0.197 e. The Morgan fingerprint density at radius 1 is 1.09 bits per heavy atom. The average Bonchev–Trinajstić information content (AvgIpc) is 3.48. The normalized spacial score (nSPS) is 17.3. The first kappa shape index (κ1) is 26.1. The summed E-state index contributed by atoms with van der Waals surface area (Å²) in [7, 11) is 0. The van der Waals surface area contributed by atoms with Gasteiger partial charge in [-0.25, -0.2) is 0 Å². The lowest BCUT2D eigenvalue weighted by Gasteiger charge is -2.38. The van der Waals surface area contributed by atoms with Crippen LogP contribution >= 0.6 is 22.7 Å². The van der Waals surface area contributed by atoms with Crippen molar-refractivity contribution in [1.82, 2.24) is 4.90 Å². The Balaban J connectivity index is 1.82. The first-order valence-electron chi connectivity index (χ1n) is 11.4. The summed E-state index contributed by atoms with van der Waals surface area (Å²) < 4.78 is 0. The number of hydrogen-bond donors (Lipinski definition) is 3. The van der Waals surface area contributed by atoms with Crippen molar-refractivity contribution >= 4 is 38.5 Å². The van der Waals surface area contributed by atoms with E-state index in [4.69, 9.17) is 0 Å². The highest BCUT2D eigenvalue weighted by Crippen LogP contribution is 2.43. The fourth-order valence-corrected chi connectivity index (χ4v) is 5.75. The Hall–Kier alpha value is -2.55. The van der Waals surface area contributed by atoms with Crippen molar-refractivity contribution in [2.45, 2.75) is 46.3 Å². The monoisotopic (exact) mass is 502 g/mol. The summed E-state index contributed by atoms with van der Waals surface area (Å²) in [6.45, 7) is 14.3. The zero-order valence-electron chi connectivity index (χ0n) is 20.1. The Labute approximate surface area is 209 Å². The number of anilines is 2. The maximum absolute atomic E-state index is 13.3. The first-order valence-corrected chi connectivity index (χ1v) is 13.2. The van der Waals surface area contributed by atoms with Gasteiger partial charge in [-0.3, -0.25) is 4.79 Å². The average molecular weight is 503 g/mol. The third-order valence-corrected chi connectivity index (χ3v) is 7.32. The van der Waals surface area contributed by atoms with Gasteiger partial charge >= 0.3 is 0 Å². The molecule has 0 aliphatic heterocycles. The topological polar surface area (TPSA) is 84.2 Å². The van der Waals surface area contributed by atoms with E-state index >= 15 is 0 Å². The van der Waals surface area contributed by atoms with Crippen LogP contribution in [0.3, 0.4) is 0 Å². The lowest BCUT2D eigenvalue weighted by atomic mass is 9.80. The van der Waals surface area contributed by atoms with Crippen LogP contribution in [0.25, 0.3) is 0 Å². The summed E-state index contributed by atoms with van der Waals surface area (Å²) in [6, 6.07) is 6.67. The summed E-state index contributed by atoms with van der Waals surface area (Å²) in [6.07, 6.45) is -0.286. The number of rotatable bonds is 12. The van der Waals surface area contributed by atoms with Crippen molar-refractivity contribution in [3.63, 3.8) is 0 Å². The largest absolute Gasteiger partial charge is 0.515 e. The minimum Gasteiger partial charge on any atom is -0.515 e. The second-order valence-corrected chi connectivity index (χ2v) is 11.2. The number of carbonyl (C=O) groups is 1. The molecule has 2 aromatic rings. The van der Waals surface area contributed by atoms with Crippen molar-refractivity contribution in [1.29, 1.82) is 0 Å². The molecule has 6 nitrogen and oxygen atoms in total. The van der Waals surface area contributed by atoms with Gasteiger partial charge in [-0.05, 0) is 46.9 Å². The molecule has 2 unspecified atom stereocenters. The predicted molar refractivity (Wildman–Crippen MR) is 141 cm³/mol. The minimum absolute atomic E-state index is 0.0197. The number of Topliss-reactive ketones (excluding diaryl/α,β-unsaturated/α-hetero) is 1. The van der Waals surface area contributed by atoms with Gasteiger partial charge in [0.1, 0.15) is 5.76 Å². The second kappa shape index (κ2) is 11.3. The molecule has 184 valence electrons. The third-order valence-electron chi connectivity index (χ3n) is 5.59. The van der Waals surface area contributed by atoms with Gasteiger partial charge < -0.3 is 25.1 Å². The molecule has 1 aliphatic rings. The lowest BCUT2D eigenvalue weighted by molar-refractivity contribution is -0.118. The van der Waals surface area contributed by atoms with Crippen molar-refractivity contribution in [2.24, 2.45) is 11.8 Å². The summed E-state index contributed by atoms with van der Waals surface area (Å²) in [4.78, 5) is 17.2. The Morgan fingerprint density at radius 2 is 1.62 bits per heavy atom. The number of aliphatic hydroxyl groups is 3. The van der Waals surface area contributed by atoms with Gasteiger partial charge in [-0.1, -0.05) is 34.3 Å². The highest BCUT2D eigenvalue weighted by atomic mass is 32.1. The van der Waals surface area contributed by atoms with E-state index in [2.05, 4.69) is 39.2 Å². The van der Waals surface area contributed by atoms with Gasteiger partial charge in [0.2, 0.25) is 0 Å². The second-order valence-electron chi connectivity index (χ2n) is 9.36. The molecule has 0 amide bonds. The summed E-state index contributed by atoms with van der Waals surface area (Å²) in [5.41, 5.74) is 0.730. The van der Waals surface area contributed by atoms with E-state index in [-0.39, 0.29) is 29.1 Å². The number of nitrogens with zero attached hydrogens (tertiary/aromatic N) is 2. The van der Waals surface area contributed by atoms with Gasteiger partial charge in [-0.15, -0.1) is 22.7 Å². The number of thiophene rings is 2. The molecular formula is C26H34N2O4S2. The molecule has 0 spiro atoms. The fourth-order valence-electron chi connectivity index (χ4n) is 4.15. The van der Waals surface area contributed by atoms with Crippen LogP contribution in [0.5, 0.6) is 0 Å². The van der Waals surface area contributed by atoms with Crippen molar-refractivity contribution in [3.8, 4) is 0 Å². The van der Waals surface area contributed by atoms with Crippen LogP contribution in [0.2, 0.25) is 0 Å². The molecule has 0 fully saturated rings. The maximum Gasteiger partial charge on any atom is 0.197 e. The first-order chi connectivity index (χ1) is 16.1. The van der Waals surface area contributed by atoms with Crippen molar-refractivity contribution in [3.05, 3.63) is 70.5 Å². The predicted octanol–water partition coefficient (Wildman–Crippen LogP) is 6.03. The fraction of sp³-hybridized carbons (Fsp3) is 0.423. The molecule has 2 aromatic heterocycles. The molecule has 0 saturated carbocycles. The molecule has 3 N–H and O–H groups in total. The number of carbonyl (C=O) groups excluding carboxylic acids is 1. The summed E-state index contributed by atoms with van der Waals surface area (Å²) >= 11 is 2.94. The van der Waals surface area contributed by atoms with Crippen LogP contribution in [0.1, 0.15) is 34.1 Å². The minimum atomic E-state index is -1.17. The van der Waals surface area contributed by atoms with Crippen LogP contribution in [-0.2, 0) is 4.79 Å². The van der Waals surface area contributed by atoms with Crippen molar-refractivity contribution < 1.29 is 20.1 Å². The molecule has 8 heteroatoms. The van der Waals surface area contributed by atoms with E-state index < -0.39 is 12.1 Å². The van der Waals surface area contributed by atoms with E-state index in [1.807, 2.05) is 35.0 Å². The molecule has 2 atom stereocenters. The van der Waals surface area contributed by atoms with Gasteiger partial charge in [0, 0.05) is 30.8 Å². The molecule has 0 aromatic carbocycles. The molecule has 2 heterocycles. The van der Waals surface area contributed by atoms with Crippen LogP contribution in [0.4, 0.5) is 10.0 Å². The molecule has 0 radical (unpaired) electrons. The standard InChI is InChI=1S/C26H34N2O4S2/c1-16(2)13-27(14-17(3)4)18(5)12-20(30)19(15-29)23-25(31)24(26(23)32)28(21-8-6-10-33-21)22-9-7-11-34-22/h6-11,15-17,20,24,29-31H,5,12-14H2,1-4H3/b19-15-. The highest BCUT2D eigenvalue weighted by Gasteiger charge is 2.47. The van der Waals surface area contributed by atoms with Crippen molar-refractivity contribution in [2.75, 3.05) is 18.0 Å². The highest BCUT2D eigenvalue weighted by molar-refractivity contribution is 7.16. The SMILES string of the molecule is C=C(CC(O)/C(=C/O)C1=C(O)C(N(c2cccs2)c2cccs2)C1=O)N(CC(C)C)CC(C)C. The van der Waals surface area contributed by atoms with E-state index in [1.54, 1.807) is 4.90 Å². The van der Waals surface area contributed by atoms with Gasteiger partial charge in [0.05, 0.1) is 27.9 Å². The molecule has 1 aliphatic carbocycles. The molecular weight excluding hydrogens is 468 g/mol. The van der Waals surface area contributed by atoms with E-state index in [0.717, 1.165) is 35.1 Å². The molecule has 3 rings (SSSR count). The zero-order valence-corrected chi connectivity index (χ0v) is 21.8. The Kier molecular flexibility index (Phi) is 8.62. The number of aliphatic hydroxyl groups excluding tert-OH is 3. The molecule has 0 bridgehead atoms. The maximum atomic E-state index is 13.3. The quantitative estimate of drug-likeness (QED) is 0.307. The van der Waals surface area contributed by atoms with Crippen LogP contribution in [-0.4, -0.2) is 51.2 Å². The van der Waals surface area contributed by atoms with Gasteiger partial charge in [-0.2, -0.15) is 0 Å². The Bertz CT molecular complexity index is 995. The lowest BCUT2D eigenvalue weighted by Crippen LogP contribution is -2.49. The van der Waals surface area contributed by atoms with Crippen LogP contribution in [0.15, 0.2) is 70.5 Å². The number of ketones is 1. The molecule has 34 heavy (non-hydrogen) atoms. The number of hydrogen-bond acceptors (Lipinski definition) is 8. The van der Waals surface area contributed by atoms with Gasteiger partial charge in [0.15, 0.2) is 11.8 Å². The van der Waals surface area contributed by atoms with Gasteiger partial charge in [0.25, 0.3) is 0 Å². The van der Waals surface area contributed by atoms with E-state index in [0.29, 0.717) is 11.8 Å². The zero-order chi connectivity index (χ0) is 25.0. The van der Waals surface area contributed by atoms with Crippen LogP contribution in [0, 0.1) is 11.8 Å². The molecule has 0 saturated heterocycles. The Morgan fingerprint density at radius 3 is 2.00 bits per heavy atom. The van der Waals surface area contributed by atoms with E-state index in [9.17, 15) is 20.1 Å². The van der Waals surface area contributed by atoms with E-state index in [1.165, 1.54) is 22.7 Å². The van der Waals surface area contributed by atoms with Crippen LogP contribution < -0.4 is 4.90 Å². The summed E-state index contributed by atoms with van der Waals surface area (Å²) in [5.74, 6) is 0.340. The third kappa shape index (κ3) is 5.56. The summed E-state index contributed by atoms with van der Waals surface area (Å²) in [5, 5.41) is 37.3.